The number of piperazine rings is 1. The zero-order valence-electron chi connectivity index (χ0n) is 16.6. The van der Waals surface area contributed by atoms with Crippen LogP contribution in [-0.2, 0) is 22.7 Å². The van der Waals surface area contributed by atoms with Crippen molar-refractivity contribution in [1.29, 1.82) is 0 Å². The second kappa shape index (κ2) is 8.65. The van der Waals surface area contributed by atoms with E-state index in [1.807, 2.05) is 12.1 Å². The van der Waals surface area contributed by atoms with Crippen LogP contribution in [0.4, 0.5) is 4.39 Å². The van der Waals surface area contributed by atoms with Crippen molar-refractivity contribution in [2.75, 3.05) is 19.6 Å². The third-order valence-corrected chi connectivity index (χ3v) is 5.52. The summed E-state index contributed by atoms with van der Waals surface area (Å²) in [6.07, 6.45) is 2.37. The molecular weight excluding hydrogens is 385 g/mol. The molecular formula is C23H24FN3O3. The van der Waals surface area contributed by atoms with Gasteiger partial charge in [-0.05, 0) is 54.2 Å². The summed E-state index contributed by atoms with van der Waals surface area (Å²) in [5.74, 6) is -0.902. The van der Waals surface area contributed by atoms with Gasteiger partial charge in [0.2, 0.25) is 0 Å². The van der Waals surface area contributed by atoms with Crippen molar-refractivity contribution in [3.63, 3.8) is 0 Å². The Morgan fingerprint density at radius 2 is 1.37 bits per heavy atom. The molecule has 1 saturated carbocycles. The summed E-state index contributed by atoms with van der Waals surface area (Å²) < 4.78 is 13.0. The summed E-state index contributed by atoms with van der Waals surface area (Å²) in [5, 5.41) is 2.93. The average molecular weight is 409 g/mol. The summed E-state index contributed by atoms with van der Waals surface area (Å²) in [4.78, 5) is 40.1. The van der Waals surface area contributed by atoms with Crippen LogP contribution in [0.5, 0.6) is 0 Å². The van der Waals surface area contributed by atoms with E-state index in [2.05, 4.69) is 5.32 Å². The minimum absolute atomic E-state index is 0.0888. The fourth-order valence-electron chi connectivity index (χ4n) is 3.47. The molecule has 156 valence electrons. The van der Waals surface area contributed by atoms with E-state index in [0.717, 1.165) is 17.7 Å². The zero-order chi connectivity index (χ0) is 21.1. The molecule has 0 unspecified atom stereocenters. The fourth-order valence-corrected chi connectivity index (χ4v) is 3.47. The van der Waals surface area contributed by atoms with Crippen molar-refractivity contribution in [3.05, 3.63) is 71.0 Å². The Labute approximate surface area is 174 Å². The fraction of sp³-hybridized carbons (Fsp3) is 0.348. The average Bonchev–Trinajstić information content (AvgIpc) is 3.58. The van der Waals surface area contributed by atoms with Gasteiger partial charge in [-0.2, -0.15) is 0 Å². The Morgan fingerprint density at radius 1 is 0.867 bits per heavy atom. The molecule has 4 rings (SSSR count). The molecule has 2 aromatic carbocycles. The lowest BCUT2D eigenvalue weighted by molar-refractivity contribution is -0.156. The number of amides is 3. The SMILES string of the molecule is O=C(NCC1CC1)c1ccc(CN2CCN(Cc3ccc(F)cc3)C(=O)C2=O)cc1. The van der Waals surface area contributed by atoms with Crippen molar-refractivity contribution in [3.8, 4) is 0 Å². The van der Waals surface area contributed by atoms with Crippen molar-refractivity contribution in [2.24, 2.45) is 5.92 Å². The second-order valence-corrected chi connectivity index (χ2v) is 7.93. The van der Waals surface area contributed by atoms with Gasteiger partial charge in [-0.15, -0.1) is 0 Å². The maximum atomic E-state index is 13.0. The summed E-state index contributed by atoms with van der Waals surface area (Å²) >= 11 is 0. The Bertz CT molecular complexity index is 939. The van der Waals surface area contributed by atoms with Crippen LogP contribution in [-0.4, -0.2) is 47.2 Å². The van der Waals surface area contributed by atoms with E-state index in [1.165, 1.54) is 34.8 Å². The van der Waals surface area contributed by atoms with Gasteiger partial charge >= 0.3 is 11.8 Å². The number of hydrogen-bond donors (Lipinski definition) is 1. The van der Waals surface area contributed by atoms with Gasteiger partial charge in [-0.3, -0.25) is 14.4 Å². The molecule has 2 aliphatic rings. The predicted molar refractivity (Wildman–Crippen MR) is 109 cm³/mol. The smallest absolute Gasteiger partial charge is 0.312 e. The van der Waals surface area contributed by atoms with Gasteiger partial charge in [0.25, 0.3) is 5.91 Å². The molecule has 0 spiro atoms. The first-order valence-electron chi connectivity index (χ1n) is 10.2. The molecule has 1 heterocycles. The lowest BCUT2D eigenvalue weighted by Crippen LogP contribution is -2.53. The Hall–Kier alpha value is -3.22. The van der Waals surface area contributed by atoms with Crippen molar-refractivity contribution >= 4 is 17.7 Å². The lowest BCUT2D eigenvalue weighted by Gasteiger charge is -2.33. The first-order chi connectivity index (χ1) is 14.5. The molecule has 0 radical (unpaired) electrons. The number of nitrogens with one attached hydrogen (secondary N) is 1. The standard InChI is InChI=1S/C23H24FN3O3/c24-20-9-5-18(6-10-20)15-27-12-11-26(22(29)23(27)30)14-17-3-7-19(8-4-17)21(28)25-13-16-1-2-16/h3-10,16H,1-2,11-15H2,(H,25,28). The molecule has 7 heteroatoms. The second-order valence-electron chi connectivity index (χ2n) is 7.93. The highest BCUT2D eigenvalue weighted by Crippen LogP contribution is 2.27. The van der Waals surface area contributed by atoms with E-state index in [9.17, 15) is 18.8 Å². The van der Waals surface area contributed by atoms with Crippen LogP contribution < -0.4 is 5.32 Å². The molecule has 1 aliphatic heterocycles. The molecule has 2 aromatic rings. The minimum atomic E-state index is -0.554. The lowest BCUT2D eigenvalue weighted by atomic mass is 10.1. The Balaban J connectivity index is 1.31. The van der Waals surface area contributed by atoms with Crippen LogP contribution in [0.3, 0.4) is 0 Å². The molecule has 1 aliphatic carbocycles. The van der Waals surface area contributed by atoms with Crippen LogP contribution in [0.15, 0.2) is 48.5 Å². The maximum absolute atomic E-state index is 13.0. The van der Waals surface area contributed by atoms with Crippen LogP contribution in [0.2, 0.25) is 0 Å². The van der Waals surface area contributed by atoms with E-state index >= 15 is 0 Å². The third kappa shape index (κ3) is 4.84. The van der Waals surface area contributed by atoms with Gasteiger partial charge in [-0.1, -0.05) is 24.3 Å². The van der Waals surface area contributed by atoms with Crippen LogP contribution in [0, 0.1) is 11.7 Å². The maximum Gasteiger partial charge on any atom is 0.312 e. The topological polar surface area (TPSA) is 69.7 Å². The molecule has 0 aromatic heterocycles. The number of halogens is 1. The Morgan fingerprint density at radius 3 is 1.87 bits per heavy atom. The van der Waals surface area contributed by atoms with E-state index in [-0.39, 0.29) is 18.3 Å². The molecule has 2 fully saturated rings. The summed E-state index contributed by atoms with van der Waals surface area (Å²) in [5.41, 5.74) is 2.23. The zero-order valence-corrected chi connectivity index (χ0v) is 16.6. The predicted octanol–water partition coefficient (Wildman–Crippen LogP) is 2.34. The van der Waals surface area contributed by atoms with Gasteiger partial charge in [0, 0.05) is 38.3 Å². The minimum Gasteiger partial charge on any atom is -0.352 e. The van der Waals surface area contributed by atoms with E-state index in [1.54, 1.807) is 24.3 Å². The monoisotopic (exact) mass is 409 g/mol. The summed E-state index contributed by atoms with van der Waals surface area (Å²) in [6.45, 7) is 2.17. The Kier molecular flexibility index (Phi) is 5.79. The van der Waals surface area contributed by atoms with Crippen molar-refractivity contribution in [2.45, 2.75) is 25.9 Å². The van der Waals surface area contributed by atoms with E-state index < -0.39 is 11.8 Å². The number of carbonyl (C=O) groups is 3. The largest absolute Gasteiger partial charge is 0.352 e. The highest BCUT2D eigenvalue weighted by atomic mass is 19.1. The highest BCUT2D eigenvalue weighted by molar-refractivity contribution is 6.35. The molecule has 0 atom stereocenters. The first kappa shape index (κ1) is 20.1. The number of hydrogen-bond acceptors (Lipinski definition) is 3. The molecule has 1 saturated heterocycles. The van der Waals surface area contributed by atoms with Crippen LogP contribution >= 0.6 is 0 Å². The van der Waals surface area contributed by atoms with Crippen molar-refractivity contribution in [1.82, 2.24) is 15.1 Å². The quantitative estimate of drug-likeness (QED) is 0.714. The molecule has 0 bridgehead atoms. The van der Waals surface area contributed by atoms with E-state index in [4.69, 9.17) is 0 Å². The number of nitrogens with zero attached hydrogens (tertiary/aromatic N) is 2. The van der Waals surface area contributed by atoms with Crippen molar-refractivity contribution < 1.29 is 18.8 Å². The number of rotatable bonds is 7. The van der Waals surface area contributed by atoms with Crippen LogP contribution in [0.25, 0.3) is 0 Å². The number of benzene rings is 2. The van der Waals surface area contributed by atoms with Gasteiger partial charge in [0.1, 0.15) is 5.82 Å². The van der Waals surface area contributed by atoms with Gasteiger partial charge in [0.05, 0.1) is 0 Å². The first-order valence-corrected chi connectivity index (χ1v) is 10.2. The number of carbonyl (C=O) groups excluding carboxylic acids is 3. The molecule has 3 amide bonds. The summed E-state index contributed by atoms with van der Waals surface area (Å²) in [6, 6.07) is 13.0. The highest BCUT2D eigenvalue weighted by Gasteiger charge is 2.32. The third-order valence-electron chi connectivity index (χ3n) is 5.52. The van der Waals surface area contributed by atoms with Gasteiger partial charge < -0.3 is 15.1 Å². The summed E-state index contributed by atoms with van der Waals surface area (Å²) in [7, 11) is 0. The molecule has 30 heavy (non-hydrogen) atoms. The normalized spacial score (nSPS) is 16.7. The van der Waals surface area contributed by atoms with Gasteiger partial charge in [-0.25, -0.2) is 4.39 Å². The molecule has 1 N–H and O–H groups in total. The van der Waals surface area contributed by atoms with E-state index in [0.29, 0.717) is 31.1 Å². The molecule has 6 nitrogen and oxygen atoms in total. The van der Waals surface area contributed by atoms with Crippen LogP contribution in [0.1, 0.15) is 34.3 Å². The van der Waals surface area contributed by atoms with Gasteiger partial charge in [0.15, 0.2) is 0 Å².